The Bertz CT molecular complexity index is 1160. The van der Waals surface area contributed by atoms with E-state index in [0.29, 0.717) is 50.0 Å². The van der Waals surface area contributed by atoms with Gasteiger partial charge in [-0.1, -0.05) is 19.9 Å². The summed E-state index contributed by atoms with van der Waals surface area (Å²) in [5.74, 6) is 1.20. The normalized spacial score (nSPS) is 21.4. The molecule has 0 spiro atoms. The minimum absolute atomic E-state index is 0.0146. The van der Waals surface area contributed by atoms with Gasteiger partial charge in [0.25, 0.3) is 5.56 Å². The Morgan fingerprint density at radius 3 is 2.62 bits per heavy atom. The fraction of sp³-hybridized carbons (Fsp3) is 0.480. The van der Waals surface area contributed by atoms with Crippen molar-refractivity contribution in [3.05, 3.63) is 52.4 Å². The maximum absolute atomic E-state index is 13.2. The maximum Gasteiger partial charge on any atom is 0.318 e. The van der Waals surface area contributed by atoms with Crippen molar-refractivity contribution >= 4 is 17.6 Å². The van der Waals surface area contributed by atoms with Crippen LogP contribution in [-0.2, 0) is 11.3 Å². The number of benzene rings is 1. The van der Waals surface area contributed by atoms with E-state index in [1.165, 1.54) is 0 Å². The van der Waals surface area contributed by atoms with E-state index in [2.05, 4.69) is 10.6 Å². The summed E-state index contributed by atoms with van der Waals surface area (Å²) in [5.41, 5.74) is 1.59. The number of pyridine rings is 1. The highest BCUT2D eigenvalue weighted by Crippen LogP contribution is 2.35. The second kappa shape index (κ2) is 9.04. The Morgan fingerprint density at radius 1 is 1.03 bits per heavy atom. The average Bonchev–Trinajstić information content (AvgIpc) is 2.82. The first kappa shape index (κ1) is 22.3. The third-order valence-electron chi connectivity index (χ3n) is 6.80. The van der Waals surface area contributed by atoms with Gasteiger partial charge < -0.3 is 29.6 Å². The van der Waals surface area contributed by atoms with Gasteiger partial charge in [-0.2, -0.15) is 0 Å². The minimum Gasteiger partial charge on any atom is -0.486 e. The summed E-state index contributed by atoms with van der Waals surface area (Å²) in [6.07, 6.45) is 0.964. The number of amides is 3. The summed E-state index contributed by atoms with van der Waals surface area (Å²) < 4.78 is 13.0. The smallest absolute Gasteiger partial charge is 0.318 e. The Kier molecular flexibility index (Phi) is 5.93. The van der Waals surface area contributed by atoms with Gasteiger partial charge in [-0.3, -0.25) is 9.59 Å². The van der Waals surface area contributed by atoms with Crippen LogP contribution in [0.15, 0.2) is 41.2 Å². The Labute approximate surface area is 198 Å². The summed E-state index contributed by atoms with van der Waals surface area (Å²) >= 11 is 0. The number of piperidine rings is 1. The molecule has 34 heavy (non-hydrogen) atoms. The number of likely N-dealkylation sites (tertiary alicyclic amines) is 1. The van der Waals surface area contributed by atoms with E-state index in [-0.39, 0.29) is 35.3 Å². The van der Waals surface area contributed by atoms with E-state index in [1.807, 2.05) is 24.5 Å². The van der Waals surface area contributed by atoms with Crippen LogP contribution in [0.3, 0.4) is 0 Å². The van der Waals surface area contributed by atoms with Crippen molar-refractivity contribution in [2.45, 2.75) is 38.8 Å². The molecule has 1 aromatic carbocycles. The van der Waals surface area contributed by atoms with E-state index in [0.717, 1.165) is 12.1 Å². The van der Waals surface area contributed by atoms with Crippen LogP contribution in [0.1, 0.15) is 31.9 Å². The summed E-state index contributed by atoms with van der Waals surface area (Å²) in [4.78, 5) is 40.3. The predicted molar refractivity (Wildman–Crippen MR) is 126 cm³/mol. The fourth-order valence-corrected chi connectivity index (χ4v) is 5.16. The second-order valence-corrected chi connectivity index (χ2v) is 9.62. The molecule has 180 valence electrons. The topological polar surface area (TPSA) is 102 Å². The molecule has 2 aromatic rings. The number of carbonyl (C=O) groups is 2. The molecule has 0 saturated carbocycles. The highest BCUT2D eigenvalue weighted by atomic mass is 16.6. The number of urea groups is 1. The van der Waals surface area contributed by atoms with Crippen LogP contribution in [0.5, 0.6) is 11.5 Å². The Hall–Kier alpha value is -3.49. The van der Waals surface area contributed by atoms with E-state index < -0.39 is 6.04 Å². The van der Waals surface area contributed by atoms with Gasteiger partial charge in [0.2, 0.25) is 5.91 Å². The third kappa shape index (κ3) is 4.34. The molecule has 4 heterocycles. The zero-order valence-electron chi connectivity index (χ0n) is 19.5. The molecule has 3 amide bonds. The van der Waals surface area contributed by atoms with Crippen molar-refractivity contribution in [2.75, 3.05) is 31.6 Å². The molecular formula is C25H30N4O5. The van der Waals surface area contributed by atoms with Crippen molar-refractivity contribution in [3.63, 3.8) is 0 Å². The lowest BCUT2D eigenvalue weighted by Gasteiger charge is -2.43. The molecule has 2 bridgehead atoms. The van der Waals surface area contributed by atoms with Gasteiger partial charge in [-0.05, 0) is 36.5 Å². The van der Waals surface area contributed by atoms with Crippen molar-refractivity contribution < 1.29 is 19.1 Å². The van der Waals surface area contributed by atoms with Crippen LogP contribution in [0, 0.1) is 11.8 Å². The molecule has 9 nitrogen and oxygen atoms in total. The molecular weight excluding hydrogens is 436 g/mol. The van der Waals surface area contributed by atoms with Gasteiger partial charge in [-0.15, -0.1) is 0 Å². The van der Waals surface area contributed by atoms with Crippen LogP contribution >= 0.6 is 0 Å². The van der Waals surface area contributed by atoms with Crippen molar-refractivity contribution in [1.82, 2.24) is 14.8 Å². The number of hydrogen-bond donors (Lipinski definition) is 2. The number of anilines is 1. The van der Waals surface area contributed by atoms with Crippen LogP contribution in [0.2, 0.25) is 0 Å². The third-order valence-corrected chi connectivity index (χ3v) is 6.80. The molecule has 0 radical (unpaired) electrons. The lowest BCUT2D eigenvalue weighted by Crippen LogP contribution is -2.56. The van der Waals surface area contributed by atoms with Crippen molar-refractivity contribution in [1.29, 1.82) is 0 Å². The van der Waals surface area contributed by atoms with Gasteiger partial charge in [0.1, 0.15) is 19.3 Å². The van der Waals surface area contributed by atoms with Crippen LogP contribution < -0.4 is 25.7 Å². The van der Waals surface area contributed by atoms with Crippen LogP contribution in [0.4, 0.5) is 10.5 Å². The Balaban J connectivity index is 1.26. The largest absolute Gasteiger partial charge is 0.486 e. The number of fused-ring (bicyclic) bond motifs is 5. The van der Waals surface area contributed by atoms with E-state index in [4.69, 9.17) is 9.47 Å². The molecule has 1 aromatic heterocycles. The number of aromatic nitrogens is 1. The monoisotopic (exact) mass is 466 g/mol. The molecule has 9 heteroatoms. The molecule has 3 aliphatic heterocycles. The number of nitrogens with zero attached hydrogens (tertiary/aromatic N) is 2. The molecule has 2 N–H and O–H groups in total. The van der Waals surface area contributed by atoms with Gasteiger partial charge in [-0.25, -0.2) is 4.79 Å². The first-order valence-electron chi connectivity index (χ1n) is 11.8. The highest BCUT2D eigenvalue weighted by molar-refractivity contribution is 5.97. The maximum atomic E-state index is 13.2. The second-order valence-electron chi connectivity index (χ2n) is 9.62. The van der Waals surface area contributed by atoms with Gasteiger partial charge >= 0.3 is 6.03 Å². The zero-order valence-corrected chi connectivity index (χ0v) is 19.5. The lowest BCUT2D eigenvalue weighted by molar-refractivity contribution is -0.118. The van der Waals surface area contributed by atoms with Gasteiger partial charge in [0.15, 0.2) is 11.5 Å². The molecule has 0 aliphatic carbocycles. The number of nitrogens with one attached hydrogen (secondary N) is 2. The predicted octanol–water partition coefficient (Wildman–Crippen LogP) is 2.41. The number of ether oxygens (including phenoxy) is 2. The van der Waals surface area contributed by atoms with Crippen LogP contribution in [-0.4, -0.2) is 53.8 Å². The number of hydrogen-bond acceptors (Lipinski definition) is 5. The van der Waals surface area contributed by atoms with E-state index in [9.17, 15) is 14.4 Å². The standard InChI is InChI=1S/C25H30N4O5/c1-15(2)23(24(31)26-18-6-7-20-21(11-18)34-9-8-33-20)27-25(32)28-12-16-10-17(14-28)19-4-3-5-22(30)29(19)13-16/h3-7,11,15-17,23H,8-10,12-14H2,1-2H3,(H,26,31)(H,27,32)/t16-,17+,23-/m0/s1. The van der Waals surface area contributed by atoms with Gasteiger partial charge in [0, 0.05) is 49.1 Å². The zero-order chi connectivity index (χ0) is 23.8. The quantitative estimate of drug-likeness (QED) is 0.721. The summed E-state index contributed by atoms with van der Waals surface area (Å²) in [5, 5.41) is 5.84. The van der Waals surface area contributed by atoms with Crippen LogP contribution in [0.25, 0.3) is 0 Å². The molecule has 1 fully saturated rings. The molecule has 0 unspecified atom stereocenters. The number of rotatable bonds is 4. The molecule has 5 rings (SSSR count). The summed E-state index contributed by atoms with van der Waals surface area (Å²) in [7, 11) is 0. The van der Waals surface area contributed by atoms with Crippen molar-refractivity contribution in [2.24, 2.45) is 11.8 Å². The fourth-order valence-electron chi connectivity index (χ4n) is 5.16. The minimum atomic E-state index is -0.697. The van der Waals surface area contributed by atoms with Gasteiger partial charge in [0.05, 0.1) is 0 Å². The number of carbonyl (C=O) groups excluding carboxylic acids is 2. The average molecular weight is 467 g/mol. The summed E-state index contributed by atoms with van der Waals surface area (Å²) in [6.45, 7) is 6.49. The first-order valence-corrected chi connectivity index (χ1v) is 11.8. The SMILES string of the molecule is CC(C)[C@H](NC(=O)N1C[C@@H]2C[C@H](C1)c1cccc(=O)n1C2)C(=O)Nc1ccc2c(c1)OCCO2. The van der Waals surface area contributed by atoms with Crippen molar-refractivity contribution in [3.8, 4) is 11.5 Å². The lowest BCUT2D eigenvalue weighted by atomic mass is 9.83. The van der Waals surface area contributed by atoms with E-state index >= 15 is 0 Å². The molecule has 3 atom stereocenters. The van der Waals surface area contributed by atoms with E-state index in [1.54, 1.807) is 35.2 Å². The first-order chi connectivity index (χ1) is 16.4. The molecule has 1 saturated heterocycles. The summed E-state index contributed by atoms with van der Waals surface area (Å²) in [6, 6.07) is 9.65. The highest BCUT2D eigenvalue weighted by Gasteiger charge is 2.37. The molecule has 3 aliphatic rings. The Morgan fingerprint density at radius 2 is 1.82 bits per heavy atom.